The Labute approximate surface area is 238 Å². The molecule has 12 heteroatoms. The van der Waals surface area contributed by atoms with E-state index in [0.717, 1.165) is 5.56 Å². The van der Waals surface area contributed by atoms with Gasteiger partial charge in [-0.15, -0.1) is 11.8 Å². The third-order valence-electron chi connectivity index (χ3n) is 5.87. The maximum absolute atomic E-state index is 13.4. The highest BCUT2D eigenvalue weighted by Gasteiger charge is 2.54. The Hall–Kier alpha value is -2.72. The fourth-order valence-corrected chi connectivity index (χ4v) is 5.52. The van der Waals surface area contributed by atoms with Gasteiger partial charge in [0.25, 0.3) is 5.91 Å². The van der Waals surface area contributed by atoms with Gasteiger partial charge in [0.05, 0.1) is 0 Å². The molecule has 8 nitrogen and oxygen atoms in total. The van der Waals surface area contributed by atoms with E-state index in [-0.39, 0.29) is 12.3 Å². The number of halogens is 3. The topological polar surface area (TPSA) is 102 Å². The normalized spacial score (nSPS) is 19.7. The maximum atomic E-state index is 13.4. The summed E-state index contributed by atoms with van der Waals surface area (Å²) in [5.74, 6) is -3.62. The average molecular weight is 598 g/mol. The Balaban J connectivity index is 1.47. The number of carbonyl (C=O) groups excluding carboxylic acids is 4. The molecule has 0 radical (unpaired) electrons. The first kappa shape index (κ1) is 28.3. The average Bonchev–Trinajstić information content (AvgIpc) is 2.90. The monoisotopic (exact) mass is 596 g/mol. The van der Waals surface area contributed by atoms with E-state index in [1.165, 1.54) is 16.7 Å². The van der Waals surface area contributed by atoms with Crippen molar-refractivity contribution in [2.24, 2.45) is 0 Å². The molecular formula is C26H23Cl3N2O6S. The van der Waals surface area contributed by atoms with Gasteiger partial charge in [-0.3, -0.25) is 19.3 Å². The van der Waals surface area contributed by atoms with Gasteiger partial charge in [0, 0.05) is 5.75 Å². The molecule has 200 valence electrons. The summed E-state index contributed by atoms with van der Waals surface area (Å²) in [4.78, 5) is 53.5. The number of β-lactam (4-membered cyclic amide) rings is 1. The Morgan fingerprint density at radius 1 is 1.05 bits per heavy atom. The molecule has 0 saturated carbocycles. The van der Waals surface area contributed by atoms with Gasteiger partial charge in [-0.2, -0.15) is 0 Å². The number of alkyl halides is 3. The smallest absolute Gasteiger partial charge is 0.355 e. The van der Waals surface area contributed by atoms with Crippen LogP contribution in [0, 0.1) is 0 Å². The number of rotatable bonds is 8. The molecule has 1 fully saturated rings. The number of esters is 2. The molecule has 2 aromatic carbocycles. The first-order valence-electron chi connectivity index (χ1n) is 11.5. The molecule has 0 aliphatic carbocycles. The van der Waals surface area contributed by atoms with Gasteiger partial charge in [0.2, 0.25) is 9.70 Å². The van der Waals surface area contributed by atoms with Crippen molar-refractivity contribution in [3.8, 4) is 0 Å². The highest BCUT2D eigenvalue weighted by molar-refractivity contribution is 8.00. The fraction of sp³-hybridized carbons (Fsp3) is 0.308. The molecule has 38 heavy (non-hydrogen) atoms. The van der Waals surface area contributed by atoms with Gasteiger partial charge < -0.3 is 14.8 Å². The van der Waals surface area contributed by atoms with Crippen LogP contribution in [0.4, 0.5) is 0 Å². The summed E-state index contributed by atoms with van der Waals surface area (Å²) in [5, 5.41) is 2.12. The number of thioether (sulfide) groups is 1. The summed E-state index contributed by atoms with van der Waals surface area (Å²) in [6.07, 6.45) is 0. The van der Waals surface area contributed by atoms with Gasteiger partial charge in [0.1, 0.15) is 30.3 Å². The Morgan fingerprint density at radius 2 is 1.68 bits per heavy atom. The molecule has 2 heterocycles. The van der Waals surface area contributed by atoms with Crippen LogP contribution in [0.25, 0.3) is 0 Å². The third-order valence-corrected chi connectivity index (χ3v) is 7.62. The van der Waals surface area contributed by atoms with E-state index in [4.69, 9.17) is 44.3 Å². The minimum absolute atomic E-state index is 0.00532. The third kappa shape index (κ3) is 6.46. The van der Waals surface area contributed by atoms with Crippen LogP contribution in [0.5, 0.6) is 0 Å². The number of hydrogen-bond acceptors (Lipinski definition) is 7. The number of ether oxygens (including phenoxy) is 2. The zero-order valence-electron chi connectivity index (χ0n) is 20.1. The molecule has 0 spiro atoms. The Morgan fingerprint density at radius 3 is 2.32 bits per heavy atom. The lowest BCUT2D eigenvalue weighted by Gasteiger charge is -2.49. The summed E-state index contributed by atoms with van der Waals surface area (Å²) in [6.45, 7) is 1.20. The zero-order valence-corrected chi connectivity index (χ0v) is 23.2. The molecule has 2 amide bonds. The van der Waals surface area contributed by atoms with E-state index < -0.39 is 51.5 Å². The van der Waals surface area contributed by atoms with Crippen molar-refractivity contribution in [3.63, 3.8) is 0 Å². The van der Waals surface area contributed by atoms with Crippen LogP contribution in [0.15, 0.2) is 71.9 Å². The second kappa shape index (κ2) is 12.0. The predicted octanol–water partition coefficient (Wildman–Crippen LogP) is 4.10. The number of fused-ring (bicyclic) bond motifs is 1. The quantitative estimate of drug-likeness (QED) is 0.212. The zero-order chi connectivity index (χ0) is 27.4. The minimum Gasteiger partial charge on any atom is -0.460 e. The van der Waals surface area contributed by atoms with E-state index in [1.54, 1.807) is 49.4 Å². The highest BCUT2D eigenvalue weighted by Crippen LogP contribution is 2.41. The van der Waals surface area contributed by atoms with Crippen LogP contribution in [0.2, 0.25) is 0 Å². The molecule has 2 aliphatic heterocycles. The van der Waals surface area contributed by atoms with E-state index in [1.807, 2.05) is 18.2 Å². The molecule has 3 atom stereocenters. The van der Waals surface area contributed by atoms with Gasteiger partial charge in [-0.25, -0.2) is 4.79 Å². The van der Waals surface area contributed by atoms with Crippen molar-refractivity contribution in [2.75, 3.05) is 12.4 Å². The number of amides is 2. The van der Waals surface area contributed by atoms with Crippen LogP contribution in [0.1, 0.15) is 24.0 Å². The van der Waals surface area contributed by atoms with Crippen molar-refractivity contribution in [2.45, 2.75) is 34.7 Å². The van der Waals surface area contributed by atoms with Crippen molar-refractivity contribution in [1.82, 2.24) is 10.2 Å². The largest absolute Gasteiger partial charge is 0.460 e. The lowest BCUT2D eigenvalue weighted by molar-refractivity contribution is -0.155. The lowest BCUT2D eigenvalue weighted by Crippen LogP contribution is -2.71. The lowest BCUT2D eigenvalue weighted by atomic mass is 9.96. The Bertz CT molecular complexity index is 1250. The first-order chi connectivity index (χ1) is 18.1. The van der Waals surface area contributed by atoms with Crippen LogP contribution < -0.4 is 5.32 Å². The summed E-state index contributed by atoms with van der Waals surface area (Å²) in [6, 6.07) is 16.6. The summed E-state index contributed by atoms with van der Waals surface area (Å²) in [7, 11) is 0. The van der Waals surface area contributed by atoms with Gasteiger partial charge in [0.15, 0.2) is 5.92 Å². The molecule has 1 N–H and O–H groups in total. The van der Waals surface area contributed by atoms with E-state index in [9.17, 15) is 19.2 Å². The number of nitrogens with one attached hydrogen (secondary N) is 1. The van der Waals surface area contributed by atoms with Crippen molar-refractivity contribution in [3.05, 3.63) is 83.1 Å². The molecule has 0 bridgehead atoms. The van der Waals surface area contributed by atoms with Crippen LogP contribution in [0.3, 0.4) is 0 Å². The predicted molar refractivity (Wildman–Crippen MR) is 144 cm³/mol. The van der Waals surface area contributed by atoms with Gasteiger partial charge >= 0.3 is 11.9 Å². The molecular weight excluding hydrogens is 575 g/mol. The van der Waals surface area contributed by atoms with E-state index >= 15 is 0 Å². The highest BCUT2D eigenvalue weighted by atomic mass is 35.6. The second-order valence-corrected chi connectivity index (χ2v) is 12.3. The molecule has 1 saturated heterocycles. The summed E-state index contributed by atoms with van der Waals surface area (Å²) < 4.78 is 8.73. The number of nitrogens with zero attached hydrogens (tertiary/aromatic N) is 1. The SMILES string of the molecule is CC1=C(C(=O)OCC(Cl)(Cl)Cl)N2C(=O)C(NC(=O)C(C(=O)OCc3ccccc3)c3ccccc3)[C@@H]2SC1. The maximum Gasteiger partial charge on any atom is 0.355 e. The van der Waals surface area contributed by atoms with Crippen molar-refractivity contribution >= 4 is 70.3 Å². The number of benzene rings is 2. The molecule has 2 unspecified atom stereocenters. The van der Waals surface area contributed by atoms with Crippen LogP contribution >= 0.6 is 46.6 Å². The van der Waals surface area contributed by atoms with Crippen molar-refractivity contribution in [1.29, 1.82) is 0 Å². The van der Waals surface area contributed by atoms with E-state index in [0.29, 0.717) is 16.9 Å². The summed E-state index contributed by atoms with van der Waals surface area (Å²) in [5.41, 5.74) is 1.87. The van der Waals surface area contributed by atoms with Gasteiger partial charge in [-0.1, -0.05) is 95.5 Å². The number of carbonyl (C=O) groups is 4. The second-order valence-electron chi connectivity index (χ2n) is 8.65. The first-order valence-corrected chi connectivity index (χ1v) is 13.7. The standard InChI is InChI=1S/C26H23Cl3N2O6S/c1-15-13-38-23-19(22(33)31(23)20(15)25(35)37-14-26(27,28)29)30-21(32)18(17-10-6-3-7-11-17)24(34)36-12-16-8-4-2-5-9-16/h2-11,18-19,23H,12-14H2,1H3,(H,30,32)/t18?,19?,23-/m0/s1. The molecule has 2 aliphatic rings. The Kier molecular flexibility index (Phi) is 8.92. The van der Waals surface area contributed by atoms with Crippen LogP contribution in [-0.2, 0) is 35.3 Å². The van der Waals surface area contributed by atoms with Crippen LogP contribution in [-0.4, -0.2) is 56.2 Å². The molecule has 2 aromatic rings. The fourth-order valence-electron chi connectivity index (χ4n) is 4.07. The minimum atomic E-state index is -1.80. The number of hydrogen-bond donors (Lipinski definition) is 1. The molecule has 4 rings (SSSR count). The van der Waals surface area contributed by atoms with Gasteiger partial charge in [-0.05, 0) is 23.6 Å². The summed E-state index contributed by atoms with van der Waals surface area (Å²) >= 11 is 18.4. The van der Waals surface area contributed by atoms with E-state index in [2.05, 4.69) is 5.32 Å². The van der Waals surface area contributed by atoms with Crippen molar-refractivity contribution < 1.29 is 28.7 Å². The molecule has 0 aromatic heterocycles.